The number of aryl methyl sites for hydroxylation is 2. The molecule has 10 heteroatoms. The average molecular weight is 544 g/mol. The summed E-state index contributed by atoms with van der Waals surface area (Å²) in [5, 5.41) is 2.79. The summed E-state index contributed by atoms with van der Waals surface area (Å²) in [6.45, 7) is 2.57. The van der Waals surface area contributed by atoms with Crippen LogP contribution in [-0.4, -0.2) is 35.6 Å². The normalized spacial score (nSPS) is 11.8. The Kier molecular flexibility index (Phi) is 13.6. The zero-order chi connectivity index (χ0) is 27.2. The summed E-state index contributed by atoms with van der Waals surface area (Å²) in [7, 11) is -0.959. The SMILES string of the molecule is Cc1ccc(CCCP(O)CCCCCNC(=O)CCCCC(=O)Oc2c(F)c(F)cc(F)c2F)cc1. The maximum atomic E-state index is 13.5. The highest BCUT2D eigenvalue weighted by atomic mass is 31.1. The van der Waals surface area contributed by atoms with Gasteiger partial charge in [-0.05, 0) is 63.3 Å². The number of carbonyl (C=O) groups is 2. The van der Waals surface area contributed by atoms with E-state index >= 15 is 0 Å². The molecular formula is C27H34F4NO4P. The van der Waals surface area contributed by atoms with Crippen molar-refractivity contribution in [2.24, 2.45) is 0 Å². The molecule has 2 rings (SSSR count). The first-order valence-electron chi connectivity index (χ1n) is 12.5. The standard InChI is InChI=1S/C27H34F4NO4P/c1-19-11-13-20(14-12-19)8-7-17-37(35)16-6-2-5-15-32-23(33)9-3-4-10-24(34)36-27-25(30)21(28)18-22(29)26(27)31/h11-14,18,35H,2-10,15-17H2,1H3,(H,32,33). The Morgan fingerprint density at radius 2 is 1.49 bits per heavy atom. The number of ether oxygens (including phenoxy) is 1. The molecular weight excluding hydrogens is 509 g/mol. The monoisotopic (exact) mass is 543 g/mol. The van der Waals surface area contributed by atoms with Crippen molar-refractivity contribution < 1.29 is 36.8 Å². The molecule has 0 heterocycles. The van der Waals surface area contributed by atoms with Gasteiger partial charge in [0.05, 0.1) is 0 Å². The molecule has 37 heavy (non-hydrogen) atoms. The Hall–Kier alpha value is -2.51. The molecule has 2 aromatic rings. The van der Waals surface area contributed by atoms with Crippen molar-refractivity contribution in [3.63, 3.8) is 0 Å². The summed E-state index contributed by atoms with van der Waals surface area (Å²) in [5.74, 6) is -9.52. The Bertz CT molecular complexity index is 994. The van der Waals surface area contributed by atoms with E-state index in [2.05, 4.69) is 41.2 Å². The van der Waals surface area contributed by atoms with Crippen molar-refractivity contribution in [2.75, 3.05) is 18.9 Å². The maximum absolute atomic E-state index is 13.5. The lowest BCUT2D eigenvalue weighted by molar-refractivity contribution is -0.135. The summed E-state index contributed by atoms with van der Waals surface area (Å²) in [6.07, 6.45) is 6.60. The van der Waals surface area contributed by atoms with Crippen molar-refractivity contribution in [1.29, 1.82) is 0 Å². The number of hydrogen-bond donors (Lipinski definition) is 2. The molecule has 0 fully saturated rings. The second-order valence-electron chi connectivity index (χ2n) is 8.93. The van der Waals surface area contributed by atoms with Crippen LogP contribution in [0.1, 0.15) is 62.5 Å². The van der Waals surface area contributed by atoms with Gasteiger partial charge in [-0.1, -0.05) is 36.2 Å². The van der Waals surface area contributed by atoms with Crippen LogP contribution in [0.25, 0.3) is 0 Å². The van der Waals surface area contributed by atoms with Crippen molar-refractivity contribution in [3.8, 4) is 5.75 Å². The number of hydrogen-bond acceptors (Lipinski definition) is 4. The minimum Gasteiger partial charge on any atom is -0.420 e. The van der Waals surface area contributed by atoms with Crippen LogP contribution >= 0.6 is 8.15 Å². The summed E-state index contributed by atoms with van der Waals surface area (Å²) in [6, 6.07) is 8.47. The van der Waals surface area contributed by atoms with E-state index < -0.39 is 43.1 Å². The zero-order valence-corrected chi connectivity index (χ0v) is 21.9. The molecule has 0 bridgehead atoms. The molecule has 0 aliphatic carbocycles. The number of benzene rings is 2. The highest BCUT2D eigenvalue weighted by molar-refractivity contribution is 7.51. The highest BCUT2D eigenvalue weighted by Gasteiger charge is 2.22. The molecule has 0 saturated carbocycles. The average Bonchev–Trinajstić information content (AvgIpc) is 2.86. The van der Waals surface area contributed by atoms with E-state index in [4.69, 9.17) is 0 Å². The van der Waals surface area contributed by atoms with E-state index in [1.165, 1.54) is 11.1 Å². The molecule has 0 spiro atoms. The van der Waals surface area contributed by atoms with E-state index in [1.54, 1.807) is 0 Å². The summed E-state index contributed by atoms with van der Waals surface area (Å²) in [4.78, 5) is 33.8. The summed E-state index contributed by atoms with van der Waals surface area (Å²) < 4.78 is 57.8. The molecule has 2 N–H and O–H groups in total. The number of carbonyl (C=O) groups excluding carboxylic acids is 2. The van der Waals surface area contributed by atoms with Crippen LogP contribution in [-0.2, 0) is 16.0 Å². The minimum atomic E-state index is -1.78. The fourth-order valence-electron chi connectivity index (χ4n) is 3.61. The Morgan fingerprint density at radius 3 is 2.16 bits per heavy atom. The van der Waals surface area contributed by atoms with Crippen LogP contribution in [0.2, 0.25) is 0 Å². The quantitative estimate of drug-likeness (QED) is 0.0649. The lowest BCUT2D eigenvalue weighted by atomic mass is 10.1. The third-order valence-electron chi connectivity index (χ3n) is 5.74. The number of halogens is 4. The second kappa shape index (κ2) is 16.4. The van der Waals surface area contributed by atoms with Gasteiger partial charge in [0.2, 0.25) is 23.3 Å². The number of nitrogens with one attached hydrogen (secondary N) is 1. The molecule has 0 saturated heterocycles. The highest BCUT2D eigenvalue weighted by Crippen LogP contribution is 2.32. The van der Waals surface area contributed by atoms with Crippen LogP contribution < -0.4 is 10.1 Å². The fraction of sp³-hybridized carbons (Fsp3) is 0.481. The van der Waals surface area contributed by atoms with Gasteiger partial charge in [0.25, 0.3) is 0 Å². The molecule has 0 aliphatic rings. The predicted molar refractivity (Wildman–Crippen MR) is 136 cm³/mol. The molecule has 0 radical (unpaired) electrons. The third kappa shape index (κ3) is 11.6. The van der Waals surface area contributed by atoms with Crippen LogP contribution in [0.15, 0.2) is 30.3 Å². The smallest absolute Gasteiger partial charge is 0.311 e. The maximum Gasteiger partial charge on any atom is 0.311 e. The molecule has 1 amide bonds. The van der Waals surface area contributed by atoms with Crippen LogP contribution in [0.5, 0.6) is 5.75 Å². The van der Waals surface area contributed by atoms with E-state index in [0.717, 1.165) is 44.4 Å². The van der Waals surface area contributed by atoms with Gasteiger partial charge >= 0.3 is 5.97 Å². The number of rotatable bonds is 16. The molecule has 204 valence electrons. The predicted octanol–water partition coefficient (Wildman–Crippen LogP) is 6.33. The Balaban J connectivity index is 1.47. The zero-order valence-electron chi connectivity index (χ0n) is 21.0. The molecule has 1 atom stereocenters. The lowest BCUT2D eigenvalue weighted by Gasteiger charge is -2.11. The molecule has 5 nitrogen and oxygen atoms in total. The first-order valence-corrected chi connectivity index (χ1v) is 14.1. The minimum absolute atomic E-state index is 0.0274. The van der Waals surface area contributed by atoms with Crippen molar-refractivity contribution in [1.82, 2.24) is 5.32 Å². The number of amides is 1. The van der Waals surface area contributed by atoms with Gasteiger partial charge in [-0.15, -0.1) is 0 Å². The summed E-state index contributed by atoms with van der Waals surface area (Å²) >= 11 is 0. The van der Waals surface area contributed by atoms with Gasteiger partial charge in [-0.25, -0.2) is 8.78 Å². The van der Waals surface area contributed by atoms with Gasteiger partial charge in [0, 0.05) is 33.6 Å². The topological polar surface area (TPSA) is 75.6 Å². The Morgan fingerprint density at radius 1 is 0.865 bits per heavy atom. The van der Waals surface area contributed by atoms with E-state index in [9.17, 15) is 32.0 Å². The molecule has 0 aromatic heterocycles. The molecule has 0 aliphatic heterocycles. The lowest BCUT2D eigenvalue weighted by Crippen LogP contribution is -2.24. The fourth-order valence-corrected chi connectivity index (χ4v) is 4.94. The molecule has 2 aromatic carbocycles. The van der Waals surface area contributed by atoms with Crippen molar-refractivity contribution in [2.45, 2.75) is 64.7 Å². The Labute approximate surface area is 216 Å². The van der Waals surface area contributed by atoms with E-state index in [1.807, 2.05) is 0 Å². The number of esters is 1. The van der Waals surface area contributed by atoms with Gasteiger partial charge < -0.3 is 14.9 Å². The first kappa shape index (κ1) is 30.7. The van der Waals surface area contributed by atoms with Crippen LogP contribution in [0.4, 0.5) is 17.6 Å². The van der Waals surface area contributed by atoms with Gasteiger partial charge in [-0.3, -0.25) is 9.59 Å². The van der Waals surface area contributed by atoms with Crippen molar-refractivity contribution >= 4 is 20.0 Å². The molecule has 1 unspecified atom stereocenters. The van der Waals surface area contributed by atoms with E-state index in [-0.39, 0.29) is 31.2 Å². The third-order valence-corrected chi connectivity index (χ3v) is 7.40. The second-order valence-corrected chi connectivity index (χ2v) is 10.8. The van der Waals surface area contributed by atoms with Gasteiger partial charge in [-0.2, -0.15) is 8.78 Å². The first-order chi connectivity index (χ1) is 17.7. The van der Waals surface area contributed by atoms with Crippen LogP contribution in [0.3, 0.4) is 0 Å². The largest absolute Gasteiger partial charge is 0.420 e. The summed E-state index contributed by atoms with van der Waals surface area (Å²) in [5.41, 5.74) is 2.53. The number of unbranched alkanes of at least 4 members (excludes halogenated alkanes) is 3. The van der Waals surface area contributed by atoms with Crippen molar-refractivity contribution in [3.05, 3.63) is 64.7 Å². The van der Waals surface area contributed by atoms with Crippen LogP contribution in [0, 0.1) is 30.2 Å². The van der Waals surface area contributed by atoms with Gasteiger partial charge in [0.1, 0.15) is 0 Å². The van der Waals surface area contributed by atoms with E-state index in [0.29, 0.717) is 13.0 Å². The van der Waals surface area contributed by atoms with Gasteiger partial charge in [0.15, 0.2) is 11.6 Å².